The number of hydrogen-bond acceptors (Lipinski definition) is 6. The van der Waals surface area contributed by atoms with Crippen LogP contribution in [0, 0.1) is 5.92 Å². The van der Waals surface area contributed by atoms with Crippen LogP contribution in [0.3, 0.4) is 0 Å². The lowest BCUT2D eigenvalue weighted by Crippen LogP contribution is -2.36. The van der Waals surface area contributed by atoms with Crippen molar-refractivity contribution in [3.05, 3.63) is 60.4 Å². The highest BCUT2D eigenvalue weighted by Crippen LogP contribution is 2.30. The molecular formula is C22H21F3N6O3. The molecule has 3 aromatic rings. The van der Waals surface area contributed by atoms with E-state index in [9.17, 15) is 22.8 Å². The van der Waals surface area contributed by atoms with Crippen LogP contribution in [0.25, 0.3) is 0 Å². The molecule has 1 aliphatic rings. The van der Waals surface area contributed by atoms with Gasteiger partial charge in [-0.05, 0) is 49.2 Å². The minimum Gasteiger partial charge on any atom is -0.481 e. The molecule has 3 heterocycles. The number of aliphatic carboxylic acids is 1. The number of alkyl halides is 3. The van der Waals surface area contributed by atoms with Crippen molar-refractivity contribution in [2.45, 2.75) is 19.0 Å². The van der Waals surface area contributed by atoms with Gasteiger partial charge in [-0.2, -0.15) is 17.9 Å². The van der Waals surface area contributed by atoms with Gasteiger partial charge < -0.3 is 20.6 Å². The Kier molecular flexibility index (Phi) is 6.39. The fraction of sp³-hybridized carbons (Fsp3) is 0.273. The average molecular weight is 474 g/mol. The van der Waals surface area contributed by atoms with Crippen molar-refractivity contribution >= 4 is 35.0 Å². The molecule has 3 N–H and O–H groups in total. The van der Waals surface area contributed by atoms with Gasteiger partial charge in [0, 0.05) is 31.0 Å². The number of amides is 1. The molecular weight excluding hydrogens is 453 g/mol. The molecule has 1 aromatic carbocycles. The Balaban J connectivity index is 1.32. The zero-order valence-electron chi connectivity index (χ0n) is 17.8. The van der Waals surface area contributed by atoms with Crippen molar-refractivity contribution in [3.8, 4) is 0 Å². The monoisotopic (exact) mass is 474 g/mol. The number of aromatic nitrogens is 3. The van der Waals surface area contributed by atoms with Crippen molar-refractivity contribution in [2.24, 2.45) is 5.92 Å². The van der Waals surface area contributed by atoms with Crippen LogP contribution in [0.1, 0.15) is 18.4 Å². The normalized spacial score (nSPS) is 14.6. The number of carboxylic acid groups (broad SMARTS) is 1. The highest BCUT2D eigenvalue weighted by molar-refractivity contribution is 5.90. The molecule has 12 heteroatoms. The largest absolute Gasteiger partial charge is 0.481 e. The van der Waals surface area contributed by atoms with Crippen LogP contribution in [-0.4, -0.2) is 45.0 Å². The van der Waals surface area contributed by atoms with Crippen molar-refractivity contribution in [3.63, 3.8) is 0 Å². The summed E-state index contributed by atoms with van der Waals surface area (Å²) in [5.41, 5.74) is 0.0834. The lowest BCUT2D eigenvalue weighted by atomic mass is 9.97. The van der Waals surface area contributed by atoms with E-state index in [1.54, 1.807) is 12.1 Å². The quantitative estimate of drug-likeness (QED) is 0.502. The second kappa shape index (κ2) is 9.41. The van der Waals surface area contributed by atoms with Crippen LogP contribution >= 0.6 is 0 Å². The zero-order valence-corrected chi connectivity index (χ0v) is 17.8. The molecule has 0 saturated carbocycles. The molecule has 0 bridgehead atoms. The second-order valence-electron chi connectivity index (χ2n) is 7.78. The number of hydrogen-bond donors (Lipinski definition) is 3. The lowest BCUT2D eigenvalue weighted by Gasteiger charge is -2.31. The van der Waals surface area contributed by atoms with E-state index in [-0.39, 0.29) is 11.7 Å². The number of carbonyl (C=O) groups is 2. The summed E-state index contributed by atoms with van der Waals surface area (Å²) < 4.78 is 39.1. The lowest BCUT2D eigenvalue weighted by molar-refractivity contribution is -0.142. The van der Waals surface area contributed by atoms with E-state index in [4.69, 9.17) is 5.11 Å². The molecule has 1 fully saturated rings. The average Bonchev–Trinajstić information content (AvgIpc) is 3.28. The van der Waals surface area contributed by atoms with Gasteiger partial charge in [-0.15, -0.1) is 5.10 Å². The van der Waals surface area contributed by atoms with Gasteiger partial charge in [-0.1, -0.05) is 0 Å². The number of halogens is 3. The summed E-state index contributed by atoms with van der Waals surface area (Å²) in [6, 6.07) is 8.87. The van der Waals surface area contributed by atoms with Gasteiger partial charge in [0.25, 0.3) is 0 Å². The van der Waals surface area contributed by atoms with Gasteiger partial charge in [0.1, 0.15) is 5.82 Å². The van der Waals surface area contributed by atoms with Crippen LogP contribution in [0.5, 0.6) is 0 Å². The fourth-order valence-electron chi connectivity index (χ4n) is 3.58. The van der Waals surface area contributed by atoms with E-state index < -0.39 is 23.7 Å². The SMILES string of the molecule is O=C(O)C1CCN(c2ccc(NC(=O)n3ccc(Nc4ccc(C(F)(F)F)cc4)n3)cn2)CC1. The summed E-state index contributed by atoms with van der Waals surface area (Å²) in [5, 5.41) is 18.7. The summed E-state index contributed by atoms with van der Waals surface area (Å²) in [4.78, 5) is 29.9. The number of carbonyl (C=O) groups excluding carboxylic acids is 1. The number of nitrogens with zero attached hydrogens (tertiary/aromatic N) is 4. The smallest absolute Gasteiger partial charge is 0.416 e. The zero-order chi connectivity index (χ0) is 24.3. The Hall–Kier alpha value is -4.09. The number of benzene rings is 1. The molecule has 1 aliphatic heterocycles. The highest BCUT2D eigenvalue weighted by Gasteiger charge is 2.30. The first-order chi connectivity index (χ1) is 16.2. The Bertz CT molecular complexity index is 1150. The minimum atomic E-state index is -4.41. The first kappa shape index (κ1) is 23.1. The molecule has 178 valence electrons. The first-order valence-electron chi connectivity index (χ1n) is 10.4. The van der Waals surface area contributed by atoms with Gasteiger partial charge >= 0.3 is 18.2 Å². The van der Waals surface area contributed by atoms with Crippen LogP contribution in [0.4, 0.5) is 41.0 Å². The Labute approximate surface area is 192 Å². The number of piperidine rings is 1. The van der Waals surface area contributed by atoms with Crippen molar-refractivity contribution in [1.82, 2.24) is 14.8 Å². The number of pyridine rings is 1. The first-order valence-corrected chi connectivity index (χ1v) is 10.4. The summed E-state index contributed by atoms with van der Waals surface area (Å²) in [5.74, 6) is -0.123. The maximum Gasteiger partial charge on any atom is 0.416 e. The highest BCUT2D eigenvalue weighted by atomic mass is 19.4. The Morgan fingerprint density at radius 1 is 1.00 bits per heavy atom. The number of rotatable bonds is 5. The van der Waals surface area contributed by atoms with E-state index in [0.717, 1.165) is 16.8 Å². The van der Waals surface area contributed by atoms with Crippen molar-refractivity contribution in [1.29, 1.82) is 0 Å². The maximum absolute atomic E-state index is 12.7. The molecule has 0 radical (unpaired) electrons. The molecule has 0 atom stereocenters. The molecule has 0 unspecified atom stereocenters. The van der Waals surface area contributed by atoms with Gasteiger partial charge in [-0.25, -0.2) is 9.78 Å². The van der Waals surface area contributed by atoms with E-state index in [2.05, 4.69) is 20.7 Å². The number of nitrogens with one attached hydrogen (secondary N) is 2. The maximum atomic E-state index is 12.7. The van der Waals surface area contributed by atoms with Gasteiger partial charge in [0.2, 0.25) is 0 Å². The van der Waals surface area contributed by atoms with E-state index >= 15 is 0 Å². The predicted octanol–water partition coefficient (Wildman–Crippen LogP) is 4.42. The van der Waals surface area contributed by atoms with Gasteiger partial charge in [-0.3, -0.25) is 4.79 Å². The molecule has 1 saturated heterocycles. The van der Waals surface area contributed by atoms with Crippen molar-refractivity contribution < 1.29 is 27.9 Å². The molecule has 1 amide bonds. The van der Waals surface area contributed by atoms with Crippen LogP contribution in [-0.2, 0) is 11.0 Å². The molecule has 34 heavy (non-hydrogen) atoms. The molecule has 2 aromatic heterocycles. The molecule has 0 spiro atoms. The van der Waals surface area contributed by atoms with Crippen LogP contribution in [0.2, 0.25) is 0 Å². The predicted molar refractivity (Wildman–Crippen MR) is 118 cm³/mol. The Morgan fingerprint density at radius 3 is 2.26 bits per heavy atom. The summed E-state index contributed by atoms with van der Waals surface area (Å²) in [6.07, 6.45) is -0.394. The van der Waals surface area contributed by atoms with Gasteiger partial charge in [0.05, 0.1) is 23.4 Å². The van der Waals surface area contributed by atoms with E-state index in [0.29, 0.717) is 43.1 Å². The summed E-state index contributed by atoms with van der Waals surface area (Å²) in [6.45, 7) is 1.19. The topological polar surface area (TPSA) is 112 Å². The molecule has 0 aliphatic carbocycles. The summed E-state index contributed by atoms with van der Waals surface area (Å²) >= 11 is 0. The fourth-order valence-corrected chi connectivity index (χ4v) is 3.58. The van der Waals surface area contributed by atoms with Crippen molar-refractivity contribution in [2.75, 3.05) is 28.6 Å². The van der Waals surface area contributed by atoms with E-state index in [1.165, 1.54) is 30.6 Å². The third kappa shape index (κ3) is 5.45. The Morgan fingerprint density at radius 2 is 1.68 bits per heavy atom. The van der Waals surface area contributed by atoms with Crippen LogP contribution < -0.4 is 15.5 Å². The minimum absolute atomic E-state index is 0.285. The third-order valence-corrected chi connectivity index (χ3v) is 5.45. The third-order valence-electron chi connectivity index (χ3n) is 5.45. The molecule has 4 rings (SSSR count). The standard InChI is InChI=1S/C22H21F3N6O3/c23-22(24,25)15-1-3-16(4-2-15)27-18-9-12-31(29-18)21(34)28-17-5-6-19(26-13-17)30-10-7-14(8-11-30)20(32)33/h1-6,9,12-14H,7-8,10-11H2,(H,27,29)(H,28,34)(H,32,33). The van der Waals surface area contributed by atoms with Crippen LogP contribution in [0.15, 0.2) is 54.9 Å². The van der Waals surface area contributed by atoms with E-state index in [1.807, 2.05) is 4.90 Å². The van der Waals surface area contributed by atoms with Gasteiger partial charge in [0.15, 0.2) is 5.82 Å². The number of anilines is 4. The second-order valence-corrected chi connectivity index (χ2v) is 7.78. The number of carboxylic acids is 1. The summed E-state index contributed by atoms with van der Waals surface area (Å²) in [7, 11) is 0. The molecule has 9 nitrogen and oxygen atoms in total.